The number of terminal acetylenes is 1. The monoisotopic (exact) mass is 653 g/mol. The summed E-state index contributed by atoms with van der Waals surface area (Å²) in [4.78, 5) is 14.4. The zero-order chi connectivity index (χ0) is 32.7. The number of ether oxygens (including phenoxy) is 3. The van der Waals surface area contributed by atoms with Gasteiger partial charge in [0.15, 0.2) is 5.82 Å². The molecule has 0 spiro atoms. The molecule has 2 N–H and O–H groups in total. The predicted octanol–water partition coefficient (Wildman–Crippen LogP) is 5.00. The van der Waals surface area contributed by atoms with E-state index in [9.17, 15) is 9.50 Å². The lowest BCUT2D eigenvalue weighted by molar-refractivity contribution is -0.0273. The van der Waals surface area contributed by atoms with Gasteiger partial charge >= 0.3 is 6.01 Å². The van der Waals surface area contributed by atoms with Crippen LogP contribution in [-0.2, 0) is 4.74 Å². The van der Waals surface area contributed by atoms with Crippen LogP contribution in [0.25, 0.3) is 32.8 Å². The molecule has 1 aromatic heterocycles. The number of aromatic nitrogens is 2. The number of halogens is 2. The van der Waals surface area contributed by atoms with Gasteiger partial charge in [-0.2, -0.15) is 9.97 Å². The molecular formula is C37H37F2N5O4. The van der Waals surface area contributed by atoms with Gasteiger partial charge in [-0.15, -0.1) is 6.42 Å². The predicted molar refractivity (Wildman–Crippen MR) is 178 cm³/mol. The van der Waals surface area contributed by atoms with Crippen LogP contribution in [0, 0.1) is 29.4 Å². The maximum absolute atomic E-state index is 17.1. The quantitative estimate of drug-likeness (QED) is 0.279. The summed E-state index contributed by atoms with van der Waals surface area (Å²) >= 11 is 0. The second-order valence-electron chi connectivity index (χ2n) is 14.2. The number of hydrogen-bond acceptors (Lipinski definition) is 9. The fourth-order valence-electron chi connectivity index (χ4n) is 8.33. The molecule has 3 aromatic carbocycles. The van der Waals surface area contributed by atoms with Crippen LogP contribution >= 0.6 is 0 Å². The molecule has 9 nitrogen and oxygen atoms in total. The van der Waals surface area contributed by atoms with E-state index in [2.05, 4.69) is 28.0 Å². The molecule has 0 amide bonds. The summed E-state index contributed by atoms with van der Waals surface area (Å²) in [6.45, 7) is 6.99. The van der Waals surface area contributed by atoms with Crippen molar-refractivity contribution in [2.75, 3.05) is 50.9 Å². The molecule has 4 atom stereocenters. The van der Waals surface area contributed by atoms with Gasteiger partial charge in [0, 0.05) is 54.6 Å². The molecule has 4 aromatic rings. The molecule has 9 rings (SSSR count). The third-order valence-corrected chi connectivity index (χ3v) is 10.9. The van der Waals surface area contributed by atoms with E-state index in [0.29, 0.717) is 53.5 Å². The minimum absolute atomic E-state index is 0.00890. The minimum atomic E-state index is -0.648. The van der Waals surface area contributed by atoms with E-state index in [-0.39, 0.29) is 57.6 Å². The zero-order valence-corrected chi connectivity index (χ0v) is 26.8. The summed E-state index contributed by atoms with van der Waals surface area (Å²) in [5.41, 5.74) is 0.376. The summed E-state index contributed by atoms with van der Waals surface area (Å²) < 4.78 is 50.7. The summed E-state index contributed by atoms with van der Waals surface area (Å²) in [7, 11) is 0. The van der Waals surface area contributed by atoms with Gasteiger partial charge in [-0.1, -0.05) is 12.0 Å². The molecule has 1 aliphatic carbocycles. The fourth-order valence-corrected chi connectivity index (χ4v) is 8.33. The van der Waals surface area contributed by atoms with Crippen molar-refractivity contribution in [1.29, 1.82) is 0 Å². The maximum atomic E-state index is 17.1. The van der Waals surface area contributed by atoms with Gasteiger partial charge < -0.3 is 29.5 Å². The number of benzene rings is 3. The standard InChI is InChI=1S/C37H37F2N5O4/c1-3-24-27(38)6-4-21-12-23(45)13-25(31(21)24)26-14-30-32-34(33(26)39)41-36(48-19-37(8-9-37)18-43-10-11-46-20(2)15-43)42-35(32)44-16-22-5-7-28(40-22)29(44)17-47-30/h1,4,6,12-14,20,22,28-29,40,45H,5,7-11,15-19H2,2H3/t20-,22+,28-,29+/m0/s1. The Kier molecular flexibility index (Phi) is 6.94. The van der Waals surface area contributed by atoms with Crippen LogP contribution in [0.15, 0.2) is 30.3 Å². The van der Waals surface area contributed by atoms with Crippen LogP contribution in [0.4, 0.5) is 14.6 Å². The van der Waals surface area contributed by atoms with Crippen LogP contribution in [-0.4, -0.2) is 90.2 Å². The van der Waals surface area contributed by atoms with E-state index in [1.807, 2.05) is 0 Å². The lowest BCUT2D eigenvalue weighted by Gasteiger charge is -2.40. The highest BCUT2D eigenvalue weighted by Crippen LogP contribution is 2.48. The number of piperazine rings is 1. The number of fused-ring (bicyclic) bond motifs is 6. The molecule has 0 unspecified atom stereocenters. The third kappa shape index (κ3) is 4.92. The SMILES string of the molecule is C#Cc1c(F)ccc2cc(O)cc(-c3cc4c5c(nc(OCC6(CN7CCO[C@@H](C)C7)CC6)nc5c3F)N3C[C@H]5CC[C@H](N5)[C@H]3CO4)c12. The molecule has 5 heterocycles. The Morgan fingerprint density at radius 3 is 2.81 bits per heavy atom. The molecule has 4 aliphatic heterocycles. The molecule has 48 heavy (non-hydrogen) atoms. The first-order chi connectivity index (χ1) is 23.3. The number of phenolic OH excluding ortho intramolecular Hbond substituents is 1. The van der Waals surface area contributed by atoms with Crippen LogP contribution in [0.2, 0.25) is 0 Å². The summed E-state index contributed by atoms with van der Waals surface area (Å²) in [5.74, 6) is 2.09. The van der Waals surface area contributed by atoms with E-state index in [1.165, 1.54) is 24.3 Å². The fraction of sp³-hybridized carbons (Fsp3) is 0.459. The highest BCUT2D eigenvalue weighted by molar-refractivity contribution is 6.06. The molecular weight excluding hydrogens is 616 g/mol. The van der Waals surface area contributed by atoms with Crippen LogP contribution in [0.5, 0.6) is 17.5 Å². The maximum Gasteiger partial charge on any atom is 0.319 e. The lowest BCUT2D eigenvalue weighted by atomic mass is 9.92. The summed E-state index contributed by atoms with van der Waals surface area (Å²) in [6, 6.07) is 7.88. The van der Waals surface area contributed by atoms with E-state index >= 15 is 4.39 Å². The average Bonchev–Trinajstić information content (AvgIpc) is 3.76. The van der Waals surface area contributed by atoms with Gasteiger partial charge in [0.05, 0.1) is 36.3 Å². The number of hydrogen-bond donors (Lipinski definition) is 2. The highest BCUT2D eigenvalue weighted by atomic mass is 19.1. The van der Waals surface area contributed by atoms with Crippen molar-refractivity contribution in [2.45, 2.75) is 56.8 Å². The number of aromatic hydroxyl groups is 1. The molecule has 248 valence electrons. The van der Waals surface area contributed by atoms with Crippen LogP contribution in [0.3, 0.4) is 0 Å². The number of rotatable bonds is 6. The number of phenols is 1. The number of nitrogens with zero attached hydrogens (tertiary/aromatic N) is 4. The first-order valence-electron chi connectivity index (χ1n) is 16.9. The molecule has 0 radical (unpaired) electrons. The number of morpholine rings is 1. The Morgan fingerprint density at radius 2 is 2.00 bits per heavy atom. The van der Waals surface area contributed by atoms with Gasteiger partial charge in [-0.25, -0.2) is 8.78 Å². The van der Waals surface area contributed by atoms with Crippen LogP contribution < -0.4 is 19.7 Å². The Bertz CT molecular complexity index is 2010. The van der Waals surface area contributed by atoms with E-state index in [4.69, 9.17) is 30.6 Å². The van der Waals surface area contributed by atoms with Gasteiger partial charge in [-0.3, -0.25) is 4.90 Å². The largest absolute Gasteiger partial charge is 0.508 e. The first-order valence-corrected chi connectivity index (χ1v) is 16.9. The minimum Gasteiger partial charge on any atom is -0.508 e. The Balaban J connectivity index is 1.18. The Morgan fingerprint density at radius 1 is 1.12 bits per heavy atom. The number of anilines is 1. The van der Waals surface area contributed by atoms with Crippen molar-refractivity contribution in [3.8, 4) is 41.0 Å². The van der Waals surface area contributed by atoms with E-state index in [1.54, 1.807) is 6.07 Å². The van der Waals surface area contributed by atoms with E-state index in [0.717, 1.165) is 51.9 Å². The Hall–Kier alpha value is -4.24. The smallest absolute Gasteiger partial charge is 0.319 e. The zero-order valence-electron chi connectivity index (χ0n) is 26.8. The van der Waals surface area contributed by atoms with Crippen molar-refractivity contribution in [3.63, 3.8) is 0 Å². The topological polar surface area (TPSA) is 92.2 Å². The van der Waals surface area contributed by atoms with Crippen molar-refractivity contribution in [3.05, 3.63) is 47.5 Å². The highest BCUT2D eigenvalue weighted by Gasteiger charge is 2.46. The van der Waals surface area contributed by atoms with Crippen molar-refractivity contribution in [1.82, 2.24) is 20.2 Å². The van der Waals surface area contributed by atoms with E-state index < -0.39 is 11.6 Å². The molecule has 4 fully saturated rings. The summed E-state index contributed by atoms with van der Waals surface area (Å²) in [6.07, 6.45) is 10.1. The van der Waals surface area contributed by atoms with Crippen molar-refractivity contribution >= 4 is 27.5 Å². The number of nitrogens with one attached hydrogen (secondary N) is 1. The third-order valence-electron chi connectivity index (χ3n) is 10.9. The Labute approximate surface area is 277 Å². The van der Waals surface area contributed by atoms with Gasteiger partial charge in [0.25, 0.3) is 0 Å². The average molecular weight is 654 g/mol. The second-order valence-corrected chi connectivity index (χ2v) is 14.2. The lowest BCUT2D eigenvalue weighted by Crippen LogP contribution is -2.60. The summed E-state index contributed by atoms with van der Waals surface area (Å²) in [5, 5.41) is 15.7. The normalized spacial score (nSPS) is 25.8. The van der Waals surface area contributed by atoms with Crippen molar-refractivity contribution in [2.24, 2.45) is 5.41 Å². The molecule has 1 saturated carbocycles. The molecule has 11 heteroatoms. The van der Waals surface area contributed by atoms with Gasteiger partial charge in [0.2, 0.25) is 0 Å². The molecule has 2 bridgehead atoms. The second kappa shape index (κ2) is 11.2. The van der Waals surface area contributed by atoms with Crippen molar-refractivity contribution < 1.29 is 28.1 Å². The molecule has 5 aliphatic rings. The van der Waals surface area contributed by atoms with Gasteiger partial charge in [-0.05, 0) is 67.8 Å². The van der Waals surface area contributed by atoms with Gasteiger partial charge in [0.1, 0.15) is 35.3 Å². The molecule has 3 saturated heterocycles. The first kappa shape index (κ1) is 29.9. The van der Waals surface area contributed by atoms with Crippen LogP contribution in [0.1, 0.15) is 38.2 Å².